The maximum atomic E-state index is 13.8. The third kappa shape index (κ3) is 4.14. The van der Waals surface area contributed by atoms with Gasteiger partial charge >= 0.3 is 0 Å². The van der Waals surface area contributed by atoms with Gasteiger partial charge in [-0.05, 0) is 24.3 Å². The summed E-state index contributed by atoms with van der Waals surface area (Å²) in [5.41, 5.74) is 0.143. The molecule has 0 saturated heterocycles. The molecule has 3 rings (SSSR count). The molecule has 0 aliphatic heterocycles. The van der Waals surface area contributed by atoms with Crippen LogP contribution in [-0.2, 0) is 0 Å². The van der Waals surface area contributed by atoms with Gasteiger partial charge in [0.25, 0.3) is 5.91 Å². The van der Waals surface area contributed by atoms with Gasteiger partial charge in [-0.3, -0.25) is 4.79 Å². The van der Waals surface area contributed by atoms with E-state index in [1.165, 1.54) is 13.2 Å². The average Bonchev–Trinajstić information content (AvgIpc) is 2.69. The molecule has 0 saturated carbocycles. The van der Waals surface area contributed by atoms with Crippen molar-refractivity contribution in [2.24, 2.45) is 0 Å². The van der Waals surface area contributed by atoms with Gasteiger partial charge in [0, 0.05) is 17.8 Å². The van der Waals surface area contributed by atoms with E-state index in [-0.39, 0.29) is 17.2 Å². The third-order valence-corrected chi connectivity index (χ3v) is 3.53. The first-order valence-corrected chi connectivity index (χ1v) is 7.66. The number of nitrogens with one attached hydrogen (secondary N) is 2. The number of anilines is 3. The molecule has 0 aliphatic carbocycles. The minimum Gasteiger partial charge on any atom is -0.497 e. The minimum atomic E-state index is -1.61. The van der Waals surface area contributed by atoms with Crippen molar-refractivity contribution in [2.45, 2.75) is 0 Å². The first-order chi connectivity index (χ1) is 13.0. The first kappa shape index (κ1) is 18.2. The Morgan fingerprint density at radius 1 is 1.04 bits per heavy atom. The molecule has 0 bridgehead atoms. The standard InChI is InChI=1S/C18H13F3N4O2/c1-27-11-4-2-3-10(7-11)24-18(26)14-8-15(23-9-22-14)25-13-6-5-12(19)16(20)17(13)21/h2-9H,1H3,(H,24,26)(H,22,23,25). The lowest BCUT2D eigenvalue weighted by atomic mass is 10.2. The molecule has 1 aromatic heterocycles. The number of nitrogens with zero attached hydrogens (tertiary/aromatic N) is 2. The Morgan fingerprint density at radius 2 is 1.85 bits per heavy atom. The van der Waals surface area contributed by atoms with Crippen LogP contribution in [0, 0.1) is 17.5 Å². The van der Waals surface area contributed by atoms with E-state index in [0.29, 0.717) is 11.4 Å². The second kappa shape index (κ2) is 7.73. The van der Waals surface area contributed by atoms with E-state index in [1.54, 1.807) is 24.3 Å². The number of aromatic nitrogens is 2. The summed E-state index contributed by atoms with van der Waals surface area (Å²) >= 11 is 0. The summed E-state index contributed by atoms with van der Waals surface area (Å²) in [5.74, 6) is -4.25. The molecule has 0 aliphatic rings. The number of benzene rings is 2. The number of hydrogen-bond donors (Lipinski definition) is 2. The molecule has 6 nitrogen and oxygen atoms in total. The fourth-order valence-electron chi connectivity index (χ4n) is 2.21. The van der Waals surface area contributed by atoms with Gasteiger partial charge in [-0.1, -0.05) is 6.07 Å². The van der Waals surface area contributed by atoms with Crippen molar-refractivity contribution in [1.29, 1.82) is 0 Å². The third-order valence-electron chi connectivity index (χ3n) is 3.53. The van der Waals surface area contributed by atoms with Gasteiger partial charge in [0.1, 0.15) is 23.6 Å². The van der Waals surface area contributed by atoms with Gasteiger partial charge in [-0.25, -0.2) is 23.1 Å². The predicted molar refractivity (Wildman–Crippen MR) is 92.6 cm³/mol. The smallest absolute Gasteiger partial charge is 0.274 e. The van der Waals surface area contributed by atoms with Crippen LogP contribution in [0.1, 0.15) is 10.5 Å². The highest BCUT2D eigenvalue weighted by Gasteiger charge is 2.15. The van der Waals surface area contributed by atoms with Crippen molar-refractivity contribution in [3.8, 4) is 5.75 Å². The molecule has 138 valence electrons. The van der Waals surface area contributed by atoms with E-state index in [9.17, 15) is 18.0 Å². The van der Waals surface area contributed by atoms with E-state index in [4.69, 9.17) is 4.74 Å². The van der Waals surface area contributed by atoms with Crippen LogP contribution in [0.15, 0.2) is 48.8 Å². The molecule has 2 N–H and O–H groups in total. The molecule has 0 spiro atoms. The molecule has 0 atom stereocenters. The lowest BCUT2D eigenvalue weighted by molar-refractivity contribution is 0.102. The lowest BCUT2D eigenvalue weighted by Gasteiger charge is -2.09. The van der Waals surface area contributed by atoms with Crippen molar-refractivity contribution in [2.75, 3.05) is 17.7 Å². The number of amides is 1. The largest absolute Gasteiger partial charge is 0.497 e. The highest BCUT2D eigenvalue weighted by atomic mass is 19.2. The summed E-state index contributed by atoms with van der Waals surface area (Å²) in [6.07, 6.45) is 1.08. The quantitative estimate of drug-likeness (QED) is 0.663. The molecule has 3 aromatic rings. The number of hydrogen-bond acceptors (Lipinski definition) is 5. The Balaban J connectivity index is 1.79. The second-order valence-electron chi connectivity index (χ2n) is 5.32. The molecule has 9 heteroatoms. The maximum absolute atomic E-state index is 13.8. The Morgan fingerprint density at radius 3 is 2.63 bits per heavy atom. The maximum Gasteiger partial charge on any atom is 0.274 e. The van der Waals surface area contributed by atoms with Crippen molar-refractivity contribution < 1.29 is 22.7 Å². The van der Waals surface area contributed by atoms with E-state index < -0.39 is 23.4 Å². The van der Waals surface area contributed by atoms with Crippen LogP contribution in [-0.4, -0.2) is 23.0 Å². The van der Waals surface area contributed by atoms with Crippen molar-refractivity contribution in [1.82, 2.24) is 9.97 Å². The molecule has 1 heterocycles. The summed E-state index contributed by atoms with van der Waals surface area (Å²) < 4.78 is 45.1. The Bertz CT molecular complexity index is 998. The van der Waals surface area contributed by atoms with Crippen LogP contribution >= 0.6 is 0 Å². The number of methoxy groups -OCH3 is 1. The summed E-state index contributed by atoms with van der Waals surface area (Å²) in [6.45, 7) is 0. The first-order valence-electron chi connectivity index (χ1n) is 7.66. The van der Waals surface area contributed by atoms with Gasteiger partial charge in [-0.15, -0.1) is 0 Å². The van der Waals surface area contributed by atoms with Crippen LogP contribution in [0.4, 0.5) is 30.4 Å². The zero-order chi connectivity index (χ0) is 19.4. The van der Waals surface area contributed by atoms with Crippen LogP contribution in [0.25, 0.3) is 0 Å². The second-order valence-corrected chi connectivity index (χ2v) is 5.32. The lowest BCUT2D eigenvalue weighted by Crippen LogP contribution is -2.14. The molecule has 27 heavy (non-hydrogen) atoms. The summed E-state index contributed by atoms with van der Waals surface area (Å²) in [4.78, 5) is 20.0. The normalized spacial score (nSPS) is 10.4. The van der Waals surface area contributed by atoms with Crippen LogP contribution in [0.2, 0.25) is 0 Å². The Kier molecular flexibility index (Phi) is 5.20. The monoisotopic (exact) mass is 374 g/mol. The topological polar surface area (TPSA) is 76.1 Å². The molecule has 0 radical (unpaired) electrons. The number of carbonyl (C=O) groups excluding carboxylic acids is 1. The van der Waals surface area contributed by atoms with Crippen molar-refractivity contribution >= 4 is 23.1 Å². The number of carbonyl (C=O) groups is 1. The van der Waals surface area contributed by atoms with Gasteiger partial charge in [0.2, 0.25) is 0 Å². The highest BCUT2D eigenvalue weighted by molar-refractivity contribution is 6.03. The fraction of sp³-hybridized carbons (Fsp3) is 0.0556. The molecule has 0 fully saturated rings. The number of rotatable bonds is 5. The number of halogens is 3. The molecule has 2 aromatic carbocycles. The van der Waals surface area contributed by atoms with E-state index in [2.05, 4.69) is 20.6 Å². The zero-order valence-electron chi connectivity index (χ0n) is 14.0. The molecule has 1 amide bonds. The highest BCUT2D eigenvalue weighted by Crippen LogP contribution is 2.23. The van der Waals surface area contributed by atoms with Crippen LogP contribution < -0.4 is 15.4 Å². The van der Waals surface area contributed by atoms with E-state index >= 15 is 0 Å². The minimum absolute atomic E-state index is 0.0155. The molecular weight excluding hydrogens is 361 g/mol. The van der Waals surface area contributed by atoms with Gasteiger partial charge in [-0.2, -0.15) is 0 Å². The zero-order valence-corrected chi connectivity index (χ0v) is 14.0. The van der Waals surface area contributed by atoms with E-state index in [0.717, 1.165) is 18.5 Å². The Labute approximate surface area is 152 Å². The Hall–Kier alpha value is -3.62. The van der Waals surface area contributed by atoms with Gasteiger partial charge in [0.15, 0.2) is 17.5 Å². The van der Waals surface area contributed by atoms with Crippen LogP contribution in [0.3, 0.4) is 0 Å². The van der Waals surface area contributed by atoms with Gasteiger partial charge < -0.3 is 15.4 Å². The molecular formula is C18H13F3N4O2. The number of ether oxygens (including phenoxy) is 1. The SMILES string of the molecule is COc1cccc(NC(=O)c2cc(Nc3ccc(F)c(F)c3F)ncn2)c1. The summed E-state index contributed by atoms with van der Waals surface area (Å²) in [5, 5.41) is 5.12. The fourth-order valence-corrected chi connectivity index (χ4v) is 2.21. The van der Waals surface area contributed by atoms with Crippen molar-refractivity contribution in [3.63, 3.8) is 0 Å². The van der Waals surface area contributed by atoms with Crippen LogP contribution in [0.5, 0.6) is 5.75 Å². The van der Waals surface area contributed by atoms with Crippen molar-refractivity contribution in [3.05, 3.63) is 71.9 Å². The molecule has 0 unspecified atom stereocenters. The van der Waals surface area contributed by atoms with E-state index in [1.807, 2.05) is 0 Å². The van der Waals surface area contributed by atoms with Gasteiger partial charge in [0.05, 0.1) is 12.8 Å². The predicted octanol–water partition coefficient (Wildman–Crippen LogP) is 3.90. The summed E-state index contributed by atoms with van der Waals surface area (Å²) in [6, 6.07) is 9.75. The summed E-state index contributed by atoms with van der Waals surface area (Å²) in [7, 11) is 1.50. The average molecular weight is 374 g/mol.